The molecule has 1 aromatic carbocycles. The normalized spacial score (nSPS) is 15.4. The molecule has 2 aliphatic rings. The first kappa shape index (κ1) is 23.8. The number of pyridine rings is 2. The molecule has 0 radical (unpaired) electrons. The molecule has 10 heteroatoms. The number of hydrogen-bond donors (Lipinski definition) is 1. The number of hydrogen-bond acceptors (Lipinski definition) is 7. The van der Waals surface area contributed by atoms with Crippen molar-refractivity contribution < 1.29 is 9.13 Å². The summed E-state index contributed by atoms with van der Waals surface area (Å²) in [6.07, 6.45) is 7.60. The van der Waals surface area contributed by atoms with Crippen LogP contribution in [0.5, 0.6) is 0 Å². The first-order valence-corrected chi connectivity index (χ1v) is 13.1. The van der Waals surface area contributed by atoms with Gasteiger partial charge in [-0.05, 0) is 60.4 Å². The summed E-state index contributed by atoms with van der Waals surface area (Å²) in [4.78, 5) is 9.79. The summed E-state index contributed by atoms with van der Waals surface area (Å²) in [6.45, 7) is 2.19. The second-order valence-corrected chi connectivity index (χ2v) is 10.2. The fourth-order valence-electron chi connectivity index (χ4n) is 4.80. The predicted molar refractivity (Wildman–Crippen MR) is 143 cm³/mol. The van der Waals surface area contributed by atoms with Gasteiger partial charge in [0.2, 0.25) is 0 Å². The lowest BCUT2D eigenvalue weighted by Crippen LogP contribution is -2.45. The Labute approximate surface area is 224 Å². The van der Waals surface area contributed by atoms with Crippen LogP contribution in [-0.2, 0) is 18.3 Å². The van der Waals surface area contributed by atoms with Crippen LogP contribution >= 0.6 is 0 Å². The van der Waals surface area contributed by atoms with E-state index in [1.807, 2.05) is 43.7 Å². The van der Waals surface area contributed by atoms with Crippen molar-refractivity contribution in [2.45, 2.75) is 31.3 Å². The zero-order valence-corrected chi connectivity index (χ0v) is 21.5. The molecule has 5 heterocycles. The zero-order valence-electron chi connectivity index (χ0n) is 21.5. The average Bonchev–Trinajstić information content (AvgIpc) is 3.50. The molecule has 0 bridgehead atoms. The molecule has 196 valence electrons. The number of nitrogens with zero attached hydrogens (tertiary/aromatic N) is 7. The number of benzene rings is 1. The lowest BCUT2D eigenvalue weighted by atomic mass is 9.98. The third-order valence-electron chi connectivity index (χ3n) is 7.20. The van der Waals surface area contributed by atoms with Crippen molar-refractivity contribution in [2.75, 3.05) is 13.2 Å². The second kappa shape index (κ2) is 9.79. The Morgan fingerprint density at radius 2 is 1.92 bits per heavy atom. The summed E-state index contributed by atoms with van der Waals surface area (Å²) >= 11 is 0. The van der Waals surface area contributed by atoms with E-state index in [0.717, 1.165) is 59.8 Å². The first-order valence-electron chi connectivity index (χ1n) is 13.1. The number of aryl methyl sites for hydroxylation is 1. The van der Waals surface area contributed by atoms with Crippen molar-refractivity contribution in [1.29, 1.82) is 0 Å². The van der Waals surface area contributed by atoms with Gasteiger partial charge in [0.25, 0.3) is 0 Å². The molecule has 1 saturated carbocycles. The minimum absolute atomic E-state index is 0.323. The maximum atomic E-state index is 14.4. The number of ether oxygens (including phenoxy) is 1. The Morgan fingerprint density at radius 1 is 1.03 bits per heavy atom. The highest BCUT2D eigenvalue weighted by atomic mass is 19.1. The average molecular weight is 523 g/mol. The van der Waals surface area contributed by atoms with Crippen LogP contribution in [0.15, 0.2) is 67.3 Å². The van der Waals surface area contributed by atoms with E-state index in [-0.39, 0.29) is 5.82 Å². The summed E-state index contributed by atoms with van der Waals surface area (Å²) in [7, 11) is 1.85. The van der Waals surface area contributed by atoms with Crippen LogP contribution in [0.25, 0.3) is 39.6 Å². The van der Waals surface area contributed by atoms with Gasteiger partial charge in [-0.15, -0.1) is 10.2 Å². The standard InChI is InChI=1S/C29H27FN8O/c1-37-17-32-36-29(37)25-11-21(30)7-8-24(25)19-9-27(18-5-6-18)35-28(10-19)38-14-20(12-33-38)26-4-2-3-22(34-26)13-31-23-15-39-16-23/h2-4,7-12,14,17-18,23,31H,5-6,13,15-16H2,1H3. The van der Waals surface area contributed by atoms with Gasteiger partial charge in [0.05, 0.1) is 36.8 Å². The quantitative estimate of drug-likeness (QED) is 0.325. The maximum Gasteiger partial charge on any atom is 0.164 e. The molecule has 1 saturated heterocycles. The van der Waals surface area contributed by atoms with Gasteiger partial charge >= 0.3 is 0 Å². The Morgan fingerprint density at radius 3 is 2.69 bits per heavy atom. The van der Waals surface area contributed by atoms with Gasteiger partial charge in [-0.3, -0.25) is 4.98 Å². The molecule has 1 aliphatic carbocycles. The Kier molecular flexibility index (Phi) is 5.98. The van der Waals surface area contributed by atoms with Crippen LogP contribution in [0.4, 0.5) is 4.39 Å². The topological polar surface area (TPSA) is 95.6 Å². The van der Waals surface area contributed by atoms with Gasteiger partial charge in [-0.1, -0.05) is 12.1 Å². The molecule has 1 aliphatic heterocycles. The molecule has 5 aromatic rings. The van der Waals surface area contributed by atoms with E-state index in [1.165, 1.54) is 12.1 Å². The monoisotopic (exact) mass is 522 g/mol. The third kappa shape index (κ3) is 4.84. The number of aromatic nitrogens is 7. The molecule has 39 heavy (non-hydrogen) atoms. The van der Waals surface area contributed by atoms with E-state index >= 15 is 0 Å². The summed E-state index contributed by atoms with van der Waals surface area (Å²) in [5.41, 5.74) is 6.22. The Balaban J connectivity index is 1.24. The highest BCUT2D eigenvalue weighted by molar-refractivity contribution is 5.81. The molecule has 2 fully saturated rings. The maximum absolute atomic E-state index is 14.4. The van der Waals surface area contributed by atoms with E-state index in [2.05, 4.69) is 26.7 Å². The minimum atomic E-state index is -0.323. The van der Waals surface area contributed by atoms with E-state index < -0.39 is 0 Å². The van der Waals surface area contributed by atoms with Crippen molar-refractivity contribution >= 4 is 0 Å². The highest BCUT2D eigenvalue weighted by Gasteiger charge is 2.27. The number of rotatable bonds is 8. The molecular weight excluding hydrogens is 495 g/mol. The molecule has 7 rings (SSSR count). The van der Waals surface area contributed by atoms with Crippen LogP contribution in [0.2, 0.25) is 0 Å². The van der Waals surface area contributed by atoms with Crippen molar-refractivity contribution in [1.82, 2.24) is 39.8 Å². The smallest absolute Gasteiger partial charge is 0.164 e. The van der Waals surface area contributed by atoms with Gasteiger partial charge in [0, 0.05) is 42.5 Å². The van der Waals surface area contributed by atoms with Gasteiger partial charge in [0.15, 0.2) is 11.6 Å². The van der Waals surface area contributed by atoms with Gasteiger partial charge in [-0.25, -0.2) is 14.1 Å². The van der Waals surface area contributed by atoms with Crippen LogP contribution in [0.1, 0.15) is 30.1 Å². The molecule has 0 amide bonds. The van der Waals surface area contributed by atoms with Crippen LogP contribution in [0, 0.1) is 5.82 Å². The molecule has 1 N–H and O–H groups in total. The van der Waals surface area contributed by atoms with E-state index in [0.29, 0.717) is 35.7 Å². The number of nitrogens with one attached hydrogen (secondary N) is 1. The summed E-state index contributed by atoms with van der Waals surface area (Å²) in [6, 6.07) is 15.3. The lowest BCUT2D eigenvalue weighted by Gasteiger charge is -2.26. The summed E-state index contributed by atoms with van der Waals surface area (Å²) < 4.78 is 23.2. The van der Waals surface area contributed by atoms with Crippen molar-refractivity contribution in [3.05, 3.63) is 84.5 Å². The van der Waals surface area contributed by atoms with Gasteiger partial charge in [0.1, 0.15) is 12.1 Å². The molecule has 0 spiro atoms. The highest BCUT2D eigenvalue weighted by Crippen LogP contribution is 2.42. The Bertz CT molecular complexity index is 1650. The van der Waals surface area contributed by atoms with Crippen LogP contribution < -0.4 is 5.32 Å². The van der Waals surface area contributed by atoms with E-state index in [1.54, 1.807) is 21.6 Å². The summed E-state index contributed by atoms with van der Waals surface area (Å²) in [5.74, 6) is 1.40. The Hall–Kier alpha value is -4.28. The SMILES string of the molecule is Cn1cnnc1-c1cc(F)ccc1-c1cc(C2CC2)nc(-n2cc(-c3cccc(CNC4COC4)n3)cn2)c1. The molecule has 0 atom stereocenters. The van der Waals surface area contributed by atoms with E-state index in [9.17, 15) is 4.39 Å². The van der Waals surface area contributed by atoms with Gasteiger partial charge < -0.3 is 14.6 Å². The van der Waals surface area contributed by atoms with Crippen LogP contribution in [0.3, 0.4) is 0 Å². The molecule has 0 unspecified atom stereocenters. The number of halogens is 1. The molecule has 9 nitrogen and oxygen atoms in total. The fraction of sp³-hybridized carbons (Fsp3) is 0.276. The lowest BCUT2D eigenvalue weighted by molar-refractivity contribution is -0.00590. The minimum Gasteiger partial charge on any atom is -0.378 e. The van der Waals surface area contributed by atoms with Crippen LogP contribution in [-0.4, -0.2) is 53.8 Å². The second-order valence-electron chi connectivity index (χ2n) is 10.2. The van der Waals surface area contributed by atoms with Crippen molar-refractivity contribution in [3.63, 3.8) is 0 Å². The molecule has 4 aromatic heterocycles. The van der Waals surface area contributed by atoms with Crippen molar-refractivity contribution in [3.8, 4) is 39.6 Å². The largest absolute Gasteiger partial charge is 0.378 e. The fourth-order valence-corrected chi connectivity index (χ4v) is 4.80. The van der Waals surface area contributed by atoms with Crippen molar-refractivity contribution in [2.24, 2.45) is 7.05 Å². The zero-order chi connectivity index (χ0) is 26.3. The first-order chi connectivity index (χ1) is 19.1. The molecular formula is C29H27FN8O. The van der Waals surface area contributed by atoms with E-state index in [4.69, 9.17) is 14.7 Å². The third-order valence-corrected chi connectivity index (χ3v) is 7.20. The summed E-state index contributed by atoms with van der Waals surface area (Å²) in [5, 5.41) is 16.3. The van der Waals surface area contributed by atoms with Gasteiger partial charge in [-0.2, -0.15) is 5.10 Å². The predicted octanol–water partition coefficient (Wildman–Crippen LogP) is 4.30.